The summed E-state index contributed by atoms with van der Waals surface area (Å²) in [6.07, 6.45) is 1.31. The summed E-state index contributed by atoms with van der Waals surface area (Å²) in [5.41, 5.74) is 5.77. The average molecular weight is 293 g/mol. The number of piperidine rings is 1. The van der Waals surface area contributed by atoms with Crippen LogP contribution in [0.3, 0.4) is 0 Å². The van der Waals surface area contributed by atoms with Gasteiger partial charge in [0.25, 0.3) is 0 Å². The summed E-state index contributed by atoms with van der Waals surface area (Å²) in [6, 6.07) is 0.138. The van der Waals surface area contributed by atoms with Crippen molar-refractivity contribution in [2.75, 3.05) is 42.6 Å². The van der Waals surface area contributed by atoms with Crippen LogP contribution in [-0.4, -0.2) is 58.5 Å². The molecule has 1 aliphatic heterocycles. The largest absolute Gasteiger partial charge is 0.368 e. The van der Waals surface area contributed by atoms with Gasteiger partial charge in [-0.05, 0) is 20.3 Å². The third kappa shape index (κ3) is 3.71. The van der Waals surface area contributed by atoms with Crippen LogP contribution in [0.5, 0.6) is 0 Å². The molecule has 1 aromatic heterocycles. The number of rotatable bonds is 5. The van der Waals surface area contributed by atoms with Gasteiger partial charge in [0, 0.05) is 39.1 Å². The molecule has 8 heteroatoms. The number of nitrogens with two attached hydrogens (primary N) is 1. The second kappa shape index (κ2) is 6.55. The Morgan fingerprint density at radius 1 is 1.33 bits per heavy atom. The van der Waals surface area contributed by atoms with E-state index in [4.69, 9.17) is 5.73 Å². The summed E-state index contributed by atoms with van der Waals surface area (Å²) in [6.45, 7) is 6.34. The monoisotopic (exact) mass is 293 g/mol. The van der Waals surface area contributed by atoms with Gasteiger partial charge in [0.2, 0.25) is 23.8 Å². The van der Waals surface area contributed by atoms with E-state index in [1.165, 1.54) is 0 Å². The Hall–Kier alpha value is -2.12. The highest BCUT2D eigenvalue weighted by atomic mass is 16.2. The van der Waals surface area contributed by atoms with Crippen LogP contribution in [0.25, 0.3) is 0 Å². The maximum Gasteiger partial charge on any atom is 0.231 e. The zero-order valence-electron chi connectivity index (χ0n) is 12.8. The van der Waals surface area contributed by atoms with Gasteiger partial charge < -0.3 is 20.9 Å². The molecule has 0 radical (unpaired) electrons. The molecule has 2 rings (SSSR count). The summed E-state index contributed by atoms with van der Waals surface area (Å²) in [7, 11) is 1.80. The average Bonchev–Trinajstić information content (AvgIpc) is 2.44. The highest BCUT2D eigenvalue weighted by Gasteiger charge is 2.23. The number of carbonyl (C=O) groups is 1. The molecular formula is C13H23N7O. The Bertz CT molecular complexity index is 503. The van der Waals surface area contributed by atoms with E-state index in [1.54, 1.807) is 11.9 Å². The van der Waals surface area contributed by atoms with Gasteiger partial charge in [-0.3, -0.25) is 4.79 Å². The first-order chi connectivity index (χ1) is 10.0. The van der Waals surface area contributed by atoms with Gasteiger partial charge in [-0.2, -0.15) is 15.0 Å². The molecule has 1 saturated heterocycles. The molecule has 0 aliphatic carbocycles. The second-order valence-electron chi connectivity index (χ2n) is 5.14. The van der Waals surface area contributed by atoms with E-state index in [1.807, 2.05) is 18.7 Å². The number of carbonyl (C=O) groups excluding carboxylic acids is 1. The molecule has 2 heterocycles. The number of hydrogen-bond donors (Lipinski definition) is 2. The first-order valence-electron chi connectivity index (χ1n) is 7.30. The van der Waals surface area contributed by atoms with E-state index < -0.39 is 0 Å². The first kappa shape index (κ1) is 15.3. The third-order valence-corrected chi connectivity index (χ3v) is 3.65. The van der Waals surface area contributed by atoms with Crippen molar-refractivity contribution in [3.05, 3.63) is 0 Å². The Morgan fingerprint density at radius 3 is 2.67 bits per heavy atom. The lowest BCUT2D eigenvalue weighted by atomic mass is 10.1. The Labute approximate surface area is 124 Å². The summed E-state index contributed by atoms with van der Waals surface area (Å²) in [4.78, 5) is 28.0. The topological polar surface area (TPSA) is 100 Å². The smallest absolute Gasteiger partial charge is 0.231 e. The predicted octanol–water partition coefficient (Wildman–Crippen LogP) is 0.333. The molecule has 1 amide bonds. The molecule has 0 saturated carbocycles. The van der Waals surface area contributed by atoms with Gasteiger partial charge in [-0.15, -0.1) is 0 Å². The molecule has 3 N–H and O–H groups in total. The molecule has 8 nitrogen and oxygen atoms in total. The fourth-order valence-electron chi connectivity index (χ4n) is 2.41. The first-order valence-corrected chi connectivity index (χ1v) is 7.30. The Kier molecular flexibility index (Phi) is 4.77. The van der Waals surface area contributed by atoms with E-state index in [0.29, 0.717) is 24.9 Å². The summed E-state index contributed by atoms with van der Waals surface area (Å²) < 4.78 is 0. The van der Waals surface area contributed by atoms with Crippen LogP contribution < -0.4 is 16.0 Å². The minimum absolute atomic E-state index is 0.138. The van der Waals surface area contributed by atoms with Crippen LogP contribution in [0, 0.1) is 0 Å². The molecule has 1 atom stereocenters. The van der Waals surface area contributed by atoms with E-state index in [0.717, 1.165) is 19.5 Å². The maximum absolute atomic E-state index is 11.5. The number of anilines is 3. The van der Waals surface area contributed by atoms with Gasteiger partial charge >= 0.3 is 0 Å². The summed E-state index contributed by atoms with van der Waals surface area (Å²) >= 11 is 0. The minimum Gasteiger partial charge on any atom is -0.368 e. The number of amides is 1. The Morgan fingerprint density at radius 2 is 2.05 bits per heavy atom. The van der Waals surface area contributed by atoms with E-state index in [9.17, 15) is 4.79 Å². The van der Waals surface area contributed by atoms with Crippen LogP contribution >= 0.6 is 0 Å². The number of likely N-dealkylation sites (N-methyl/N-ethyl adjacent to an activating group) is 1. The number of nitrogens with zero attached hydrogens (tertiary/aromatic N) is 5. The van der Waals surface area contributed by atoms with Crippen molar-refractivity contribution in [1.29, 1.82) is 0 Å². The fraction of sp³-hybridized carbons (Fsp3) is 0.692. The van der Waals surface area contributed by atoms with Crippen LogP contribution in [0.15, 0.2) is 0 Å². The number of likely N-dealkylation sites (tertiary alicyclic amines) is 1. The molecule has 21 heavy (non-hydrogen) atoms. The highest BCUT2D eigenvalue weighted by molar-refractivity contribution is 5.76. The quantitative estimate of drug-likeness (QED) is 0.807. The van der Waals surface area contributed by atoms with Crippen molar-refractivity contribution in [2.45, 2.75) is 32.7 Å². The lowest BCUT2D eigenvalue weighted by molar-refractivity contribution is -0.132. The van der Waals surface area contributed by atoms with Crippen LogP contribution in [0.4, 0.5) is 17.8 Å². The molecule has 1 unspecified atom stereocenters. The Balaban J connectivity index is 2.11. The van der Waals surface area contributed by atoms with Gasteiger partial charge in [0.1, 0.15) is 0 Å². The number of hydrogen-bond acceptors (Lipinski definition) is 7. The van der Waals surface area contributed by atoms with Crippen LogP contribution in [0.2, 0.25) is 0 Å². The minimum atomic E-state index is 0.138. The number of aromatic nitrogens is 3. The van der Waals surface area contributed by atoms with E-state index in [2.05, 4.69) is 20.3 Å². The number of nitrogen functional groups attached to an aromatic ring is 1. The van der Waals surface area contributed by atoms with Gasteiger partial charge in [0.05, 0.1) is 0 Å². The highest BCUT2D eigenvalue weighted by Crippen LogP contribution is 2.16. The molecule has 1 fully saturated rings. The van der Waals surface area contributed by atoms with Crippen molar-refractivity contribution in [3.8, 4) is 0 Å². The van der Waals surface area contributed by atoms with Gasteiger partial charge in [-0.1, -0.05) is 0 Å². The molecule has 0 aromatic carbocycles. The second-order valence-corrected chi connectivity index (χ2v) is 5.14. The predicted molar refractivity (Wildman–Crippen MR) is 82.1 cm³/mol. The van der Waals surface area contributed by atoms with Crippen molar-refractivity contribution < 1.29 is 4.79 Å². The molecule has 116 valence electrons. The number of nitrogens with one attached hydrogen (secondary N) is 1. The summed E-state index contributed by atoms with van der Waals surface area (Å²) in [5.74, 6) is 1.43. The molecule has 0 spiro atoms. The van der Waals surface area contributed by atoms with Crippen molar-refractivity contribution in [1.82, 2.24) is 19.9 Å². The molecule has 1 aliphatic rings. The van der Waals surface area contributed by atoms with Crippen LogP contribution in [-0.2, 0) is 4.79 Å². The lowest BCUT2D eigenvalue weighted by Gasteiger charge is -2.30. The molecule has 0 bridgehead atoms. The van der Waals surface area contributed by atoms with Gasteiger partial charge in [-0.25, -0.2) is 0 Å². The van der Waals surface area contributed by atoms with Crippen molar-refractivity contribution >= 4 is 23.8 Å². The van der Waals surface area contributed by atoms with E-state index in [-0.39, 0.29) is 17.9 Å². The standard InChI is InChI=1S/C13H23N7O/c1-4-20(5-2)13-17-11(14)16-12(18-13)15-9-6-7-10(21)19(3)8-9/h9H,4-8H2,1-3H3,(H3,14,15,16,17,18). The maximum atomic E-state index is 11.5. The normalized spacial score (nSPS) is 18.7. The molecular weight excluding hydrogens is 270 g/mol. The third-order valence-electron chi connectivity index (χ3n) is 3.65. The van der Waals surface area contributed by atoms with E-state index >= 15 is 0 Å². The fourth-order valence-corrected chi connectivity index (χ4v) is 2.41. The lowest BCUT2D eigenvalue weighted by Crippen LogP contribution is -2.43. The zero-order chi connectivity index (χ0) is 15.4. The summed E-state index contributed by atoms with van der Waals surface area (Å²) in [5, 5.41) is 3.25. The SMILES string of the molecule is CCN(CC)c1nc(N)nc(NC2CCC(=O)N(C)C2)n1. The van der Waals surface area contributed by atoms with Crippen molar-refractivity contribution in [2.24, 2.45) is 0 Å². The van der Waals surface area contributed by atoms with Gasteiger partial charge in [0.15, 0.2) is 0 Å². The van der Waals surface area contributed by atoms with Crippen molar-refractivity contribution in [3.63, 3.8) is 0 Å². The van der Waals surface area contributed by atoms with Crippen LogP contribution in [0.1, 0.15) is 26.7 Å². The zero-order valence-corrected chi connectivity index (χ0v) is 12.8. The molecule has 1 aromatic rings.